The average molecular weight is 105 g/mol. The number of nitrogens with two attached hydrogens (primary N) is 1. The van der Waals surface area contributed by atoms with Gasteiger partial charge in [0.25, 0.3) is 0 Å². The summed E-state index contributed by atoms with van der Waals surface area (Å²) in [6.45, 7) is 0. The topological polar surface area (TPSA) is 38.9 Å². The number of hydrogen-bond donors (Lipinski definition) is 1. The van der Waals surface area contributed by atoms with Gasteiger partial charge in [-0.2, -0.15) is 0 Å². The van der Waals surface area contributed by atoms with E-state index in [1.54, 1.807) is 24.5 Å². The van der Waals surface area contributed by atoms with E-state index in [2.05, 4.69) is 4.98 Å². The molecular formula is C5H6BN2. The highest BCUT2D eigenvalue weighted by atomic mass is 14.6. The lowest BCUT2D eigenvalue weighted by Crippen LogP contribution is -1.81. The molecule has 0 saturated carbocycles. The van der Waals surface area contributed by atoms with E-state index in [-0.39, 0.29) is 8.41 Å². The normalized spacial score (nSPS) is 7.50. The number of nitrogen functional groups attached to an aromatic ring is 1. The highest BCUT2D eigenvalue weighted by Crippen LogP contribution is 1.92. The van der Waals surface area contributed by atoms with Gasteiger partial charge in [0, 0.05) is 26.5 Å². The van der Waals surface area contributed by atoms with Crippen LogP contribution in [-0.2, 0) is 0 Å². The Labute approximate surface area is 50.3 Å². The van der Waals surface area contributed by atoms with Gasteiger partial charge in [0.05, 0.1) is 0 Å². The Balaban J connectivity index is 0.000000490. The van der Waals surface area contributed by atoms with Crippen LogP contribution in [0.25, 0.3) is 0 Å². The number of hydrogen-bond acceptors (Lipinski definition) is 2. The molecule has 0 aliphatic rings. The Bertz CT molecular complexity index is 140. The number of anilines is 1. The lowest BCUT2D eigenvalue weighted by molar-refractivity contribution is 1.33. The van der Waals surface area contributed by atoms with E-state index in [9.17, 15) is 0 Å². The minimum absolute atomic E-state index is 0. The highest BCUT2D eigenvalue weighted by Gasteiger charge is 1.73. The van der Waals surface area contributed by atoms with Crippen LogP contribution < -0.4 is 5.73 Å². The van der Waals surface area contributed by atoms with Crippen LogP contribution in [0.1, 0.15) is 0 Å². The fourth-order valence-corrected chi connectivity index (χ4v) is 0.363. The fourth-order valence-electron chi connectivity index (χ4n) is 0.363. The third-order valence-electron chi connectivity index (χ3n) is 0.706. The van der Waals surface area contributed by atoms with Crippen molar-refractivity contribution in [3.63, 3.8) is 0 Å². The minimum atomic E-state index is 0. The van der Waals surface area contributed by atoms with Gasteiger partial charge in [-0.3, -0.25) is 4.98 Å². The van der Waals surface area contributed by atoms with Gasteiger partial charge < -0.3 is 5.73 Å². The Morgan fingerprint density at radius 2 is 1.75 bits per heavy atom. The third-order valence-corrected chi connectivity index (χ3v) is 0.706. The maximum atomic E-state index is 5.32. The van der Waals surface area contributed by atoms with E-state index in [1.807, 2.05) is 0 Å². The second-order valence-corrected chi connectivity index (χ2v) is 1.28. The van der Waals surface area contributed by atoms with Crippen molar-refractivity contribution >= 4 is 14.1 Å². The van der Waals surface area contributed by atoms with Crippen molar-refractivity contribution in [2.24, 2.45) is 0 Å². The van der Waals surface area contributed by atoms with Gasteiger partial charge in [-0.25, -0.2) is 0 Å². The van der Waals surface area contributed by atoms with Crippen LogP contribution in [0.2, 0.25) is 0 Å². The second kappa shape index (κ2) is 3.07. The van der Waals surface area contributed by atoms with Crippen LogP contribution in [0.4, 0.5) is 5.69 Å². The predicted octanol–water partition coefficient (Wildman–Crippen LogP) is 0.283. The predicted molar refractivity (Wildman–Crippen MR) is 34.4 cm³/mol. The third kappa shape index (κ3) is 1.64. The van der Waals surface area contributed by atoms with E-state index >= 15 is 0 Å². The van der Waals surface area contributed by atoms with Crippen LogP contribution in [0.5, 0.6) is 0 Å². The zero-order valence-electron chi connectivity index (χ0n) is 4.41. The molecule has 2 N–H and O–H groups in total. The number of aromatic nitrogens is 1. The molecular weight excluding hydrogens is 98.9 g/mol. The van der Waals surface area contributed by atoms with E-state index < -0.39 is 0 Å². The molecule has 0 bridgehead atoms. The first-order valence-corrected chi connectivity index (χ1v) is 2.05. The first-order chi connectivity index (χ1) is 3.39. The number of pyridine rings is 1. The molecule has 0 saturated heterocycles. The van der Waals surface area contributed by atoms with Gasteiger partial charge in [0.2, 0.25) is 0 Å². The molecule has 2 nitrogen and oxygen atoms in total. The Morgan fingerprint density at radius 3 is 2.00 bits per heavy atom. The Morgan fingerprint density at radius 1 is 1.25 bits per heavy atom. The molecule has 0 unspecified atom stereocenters. The maximum absolute atomic E-state index is 5.32. The van der Waals surface area contributed by atoms with Crippen LogP contribution in [0.3, 0.4) is 0 Å². The standard InChI is InChI=1S/C5H6N2.B/c6-5-1-3-7-4-2-5;/h1-4H,(H2,6,7);. The van der Waals surface area contributed by atoms with Gasteiger partial charge in [-0.15, -0.1) is 0 Å². The summed E-state index contributed by atoms with van der Waals surface area (Å²) >= 11 is 0. The van der Waals surface area contributed by atoms with Crippen LogP contribution >= 0.6 is 0 Å². The van der Waals surface area contributed by atoms with E-state index in [1.165, 1.54) is 0 Å². The van der Waals surface area contributed by atoms with Crippen molar-refractivity contribution in [3.05, 3.63) is 24.5 Å². The molecule has 1 rings (SSSR count). The van der Waals surface area contributed by atoms with E-state index in [0.717, 1.165) is 5.69 Å². The summed E-state index contributed by atoms with van der Waals surface area (Å²) in [5, 5.41) is 0. The molecule has 8 heavy (non-hydrogen) atoms. The number of nitrogens with zero attached hydrogens (tertiary/aromatic N) is 1. The Kier molecular flexibility index (Phi) is 2.70. The van der Waals surface area contributed by atoms with E-state index in [4.69, 9.17) is 5.73 Å². The molecule has 0 spiro atoms. The highest BCUT2D eigenvalue weighted by molar-refractivity contribution is 5.75. The lowest BCUT2D eigenvalue weighted by Gasteiger charge is -1.83. The van der Waals surface area contributed by atoms with Crippen molar-refractivity contribution in [1.29, 1.82) is 0 Å². The van der Waals surface area contributed by atoms with Crippen molar-refractivity contribution in [1.82, 2.24) is 4.98 Å². The summed E-state index contributed by atoms with van der Waals surface area (Å²) in [5.41, 5.74) is 6.08. The summed E-state index contributed by atoms with van der Waals surface area (Å²) < 4.78 is 0. The van der Waals surface area contributed by atoms with Crippen molar-refractivity contribution in [2.45, 2.75) is 0 Å². The fraction of sp³-hybridized carbons (Fsp3) is 0. The monoisotopic (exact) mass is 105 g/mol. The molecule has 3 radical (unpaired) electrons. The first kappa shape index (κ1) is 7.01. The number of rotatable bonds is 0. The van der Waals surface area contributed by atoms with Gasteiger partial charge in [-0.1, -0.05) is 0 Å². The molecule has 3 heteroatoms. The molecule has 1 aromatic heterocycles. The molecule has 39 valence electrons. The molecule has 0 atom stereocenters. The zero-order valence-corrected chi connectivity index (χ0v) is 4.41. The molecule has 0 fully saturated rings. The van der Waals surface area contributed by atoms with Crippen LogP contribution in [0, 0.1) is 0 Å². The van der Waals surface area contributed by atoms with Crippen molar-refractivity contribution in [2.75, 3.05) is 5.73 Å². The molecule has 0 aromatic carbocycles. The summed E-state index contributed by atoms with van der Waals surface area (Å²) in [6.07, 6.45) is 3.32. The lowest BCUT2D eigenvalue weighted by atomic mass is 10.4. The Hall–Kier alpha value is -0.985. The maximum Gasteiger partial charge on any atom is 0.0344 e. The molecule has 0 aliphatic carbocycles. The average Bonchev–Trinajstić information content (AvgIpc) is 1.69. The summed E-state index contributed by atoms with van der Waals surface area (Å²) in [7, 11) is 0. The largest absolute Gasteiger partial charge is 0.399 e. The molecule has 0 aliphatic heterocycles. The molecule has 1 heterocycles. The van der Waals surface area contributed by atoms with Crippen molar-refractivity contribution < 1.29 is 0 Å². The van der Waals surface area contributed by atoms with Crippen LogP contribution in [0.15, 0.2) is 24.5 Å². The summed E-state index contributed by atoms with van der Waals surface area (Å²) in [6, 6.07) is 3.50. The molecule has 1 aromatic rings. The quantitative estimate of drug-likeness (QED) is 0.481. The first-order valence-electron chi connectivity index (χ1n) is 2.05. The molecule has 0 amide bonds. The van der Waals surface area contributed by atoms with Gasteiger partial charge >= 0.3 is 0 Å². The van der Waals surface area contributed by atoms with Crippen LogP contribution in [-0.4, -0.2) is 13.4 Å². The SMILES string of the molecule is Nc1ccncc1.[B]. The minimum Gasteiger partial charge on any atom is -0.399 e. The van der Waals surface area contributed by atoms with Gasteiger partial charge in [0.1, 0.15) is 0 Å². The van der Waals surface area contributed by atoms with E-state index in [0.29, 0.717) is 0 Å². The van der Waals surface area contributed by atoms with Gasteiger partial charge in [-0.05, 0) is 12.1 Å². The van der Waals surface area contributed by atoms with Crippen molar-refractivity contribution in [3.8, 4) is 0 Å². The smallest absolute Gasteiger partial charge is 0.0344 e. The van der Waals surface area contributed by atoms with Gasteiger partial charge in [0.15, 0.2) is 0 Å². The zero-order chi connectivity index (χ0) is 5.11. The second-order valence-electron chi connectivity index (χ2n) is 1.28. The summed E-state index contributed by atoms with van der Waals surface area (Å²) in [5.74, 6) is 0. The summed E-state index contributed by atoms with van der Waals surface area (Å²) in [4.78, 5) is 3.77.